The van der Waals surface area contributed by atoms with Gasteiger partial charge in [-0.15, -0.1) is 10.2 Å². The lowest BCUT2D eigenvalue weighted by Gasteiger charge is -2.22. The molecule has 0 radical (unpaired) electrons. The zero-order valence-corrected chi connectivity index (χ0v) is 11.6. The molecule has 0 bridgehead atoms. The van der Waals surface area contributed by atoms with E-state index < -0.39 is 0 Å². The van der Waals surface area contributed by atoms with Gasteiger partial charge in [-0.25, -0.2) is 0 Å². The standard InChI is InChI=1S/C15H20N4/c1-11-3-4-14(9-12(11)2)19-10-17-18-15(19)13-5-7-16-8-6-13/h3-4,9-10,13,16H,5-8H2,1-2H3. The maximum atomic E-state index is 4.35. The monoisotopic (exact) mass is 256 g/mol. The van der Waals surface area contributed by atoms with Crippen LogP contribution >= 0.6 is 0 Å². The molecule has 0 spiro atoms. The van der Waals surface area contributed by atoms with E-state index in [9.17, 15) is 0 Å². The number of benzene rings is 1. The molecule has 1 aliphatic rings. The summed E-state index contributed by atoms with van der Waals surface area (Å²) in [6.07, 6.45) is 4.12. The van der Waals surface area contributed by atoms with Gasteiger partial charge in [-0.2, -0.15) is 0 Å². The average molecular weight is 256 g/mol. The first kappa shape index (κ1) is 12.4. The fraction of sp³-hybridized carbons (Fsp3) is 0.467. The maximum absolute atomic E-state index is 4.35. The largest absolute Gasteiger partial charge is 0.317 e. The first-order valence-electron chi connectivity index (χ1n) is 6.94. The highest BCUT2D eigenvalue weighted by atomic mass is 15.3. The number of hydrogen-bond acceptors (Lipinski definition) is 3. The Morgan fingerprint density at radius 1 is 1.16 bits per heavy atom. The van der Waals surface area contributed by atoms with Gasteiger partial charge in [0.05, 0.1) is 0 Å². The highest BCUT2D eigenvalue weighted by Gasteiger charge is 2.21. The molecule has 1 N–H and O–H groups in total. The zero-order valence-electron chi connectivity index (χ0n) is 11.6. The van der Waals surface area contributed by atoms with Crippen LogP contribution in [0, 0.1) is 13.8 Å². The van der Waals surface area contributed by atoms with E-state index in [0.717, 1.165) is 31.8 Å². The summed E-state index contributed by atoms with van der Waals surface area (Å²) in [7, 11) is 0. The predicted molar refractivity (Wildman–Crippen MR) is 75.7 cm³/mol. The Morgan fingerprint density at radius 2 is 1.95 bits per heavy atom. The Hall–Kier alpha value is -1.68. The van der Waals surface area contributed by atoms with Crippen molar-refractivity contribution in [2.24, 2.45) is 0 Å². The third-order valence-corrected chi connectivity index (χ3v) is 4.05. The molecule has 2 aromatic rings. The summed E-state index contributed by atoms with van der Waals surface area (Å²) < 4.78 is 2.14. The zero-order chi connectivity index (χ0) is 13.2. The van der Waals surface area contributed by atoms with E-state index in [1.165, 1.54) is 16.8 Å². The summed E-state index contributed by atoms with van der Waals surface area (Å²) in [6, 6.07) is 6.52. The smallest absolute Gasteiger partial charge is 0.140 e. The van der Waals surface area contributed by atoms with Crippen LogP contribution in [-0.4, -0.2) is 27.9 Å². The molecule has 1 saturated heterocycles. The molecule has 0 amide bonds. The number of aryl methyl sites for hydroxylation is 2. The fourth-order valence-electron chi connectivity index (χ4n) is 2.68. The third-order valence-electron chi connectivity index (χ3n) is 4.05. The second kappa shape index (κ2) is 5.13. The van der Waals surface area contributed by atoms with Crippen molar-refractivity contribution in [3.8, 4) is 5.69 Å². The molecule has 100 valence electrons. The van der Waals surface area contributed by atoms with Gasteiger partial charge >= 0.3 is 0 Å². The third kappa shape index (κ3) is 2.40. The molecule has 0 saturated carbocycles. The van der Waals surface area contributed by atoms with Gasteiger partial charge in [-0.3, -0.25) is 4.57 Å². The van der Waals surface area contributed by atoms with Gasteiger partial charge in [0.2, 0.25) is 0 Å². The second-order valence-corrected chi connectivity index (χ2v) is 5.35. The normalized spacial score (nSPS) is 16.7. The Bertz CT molecular complexity index is 567. The predicted octanol–water partition coefficient (Wildman–Crippen LogP) is 2.35. The van der Waals surface area contributed by atoms with Gasteiger partial charge in [0.25, 0.3) is 0 Å². The van der Waals surface area contributed by atoms with E-state index in [0.29, 0.717) is 5.92 Å². The lowest BCUT2D eigenvalue weighted by molar-refractivity contribution is 0.440. The molecule has 1 aromatic heterocycles. The molecule has 0 aliphatic carbocycles. The molecule has 4 heteroatoms. The SMILES string of the molecule is Cc1ccc(-n2cnnc2C2CCNCC2)cc1C. The van der Waals surface area contributed by atoms with E-state index in [1.54, 1.807) is 0 Å². The van der Waals surface area contributed by atoms with Crippen molar-refractivity contribution in [3.05, 3.63) is 41.5 Å². The van der Waals surface area contributed by atoms with Crippen molar-refractivity contribution in [3.63, 3.8) is 0 Å². The van der Waals surface area contributed by atoms with Gasteiger partial charge < -0.3 is 5.32 Å². The Labute approximate surface area is 113 Å². The summed E-state index contributed by atoms with van der Waals surface area (Å²) in [5.41, 5.74) is 3.80. The molecule has 1 fully saturated rings. The molecule has 1 aromatic carbocycles. The summed E-state index contributed by atoms with van der Waals surface area (Å²) in [5, 5.41) is 11.9. The van der Waals surface area contributed by atoms with Crippen LogP contribution in [-0.2, 0) is 0 Å². The fourth-order valence-corrected chi connectivity index (χ4v) is 2.68. The molecule has 0 unspecified atom stereocenters. The molecule has 0 atom stereocenters. The first-order chi connectivity index (χ1) is 9.25. The van der Waals surface area contributed by atoms with Crippen LogP contribution in [0.3, 0.4) is 0 Å². The lowest BCUT2D eigenvalue weighted by Crippen LogP contribution is -2.28. The van der Waals surface area contributed by atoms with E-state index in [4.69, 9.17) is 0 Å². The van der Waals surface area contributed by atoms with Crippen molar-refractivity contribution < 1.29 is 0 Å². The van der Waals surface area contributed by atoms with Crippen LogP contribution in [0.4, 0.5) is 0 Å². The van der Waals surface area contributed by atoms with Crippen LogP contribution in [0.25, 0.3) is 5.69 Å². The lowest BCUT2D eigenvalue weighted by atomic mass is 9.97. The minimum absolute atomic E-state index is 0.519. The van der Waals surface area contributed by atoms with Gasteiger partial charge in [0, 0.05) is 11.6 Å². The number of rotatable bonds is 2. The molecule has 1 aliphatic heterocycles. The van der Waals surface area contributed by atoms with Gasteiger partial charge in [0.1, 0.15) is 12.2 Å². The summed E-state index contributed by atoms with van der Waals surface area (Å²) in [4.78, 5) is 0. The van der Waals surface area contributed by atoms with Crippen molar-refractivity contribution in [2.45, 2.75) is 32.6 Å². The second-order valence-electron chi connectivity index (χ2n) is 5.35. The topological polar surface area (TPSA) is 42.7 Å². The molecule has 2 heterocycles. The van der Waals surface area contributed by atoms with Crippen molar-refractivity contribution >= 4 is 0 Å². The van der Waals surface area contributed by atoms with E-state index >= 15 is 0 Å². The van der Waals surface area contributed by atoms with Crippen LogP contribution in [0.2, 0.25) is 0 Å². The quantitative estimate of drug-likeness (QED) is 0.897. The highest BCUT2D eigenvalue weighted by Crippen LogP contribution is 2.25. The maximum Gasteiger partial charge on any atom is 0.140 e. The van der Waals surface area contributed by atoms with Crippen LogP contribution in [0.5, 0.6) is 0 Å². The van der Waals surface area contributed by atoms with Crippen LogP contribution in [0.15, 0.2) is 24.5 Å². The average Bonchev–Trinajstić information content (AvgIpc) is 2.92. The van der Waals surface area contributed by atoms with E-state index in [1.807, 2.05) is 6.33 Å². The van der Waals surface area contributed by atoms with Gasteiger partial charge in [-0.1, -0.05) is 6.07 Å². The summed E-state index contributed by atoms with van der Waals surface area (Å²) >= 11 is 0. The highest BCUT2D eigenvalue weighted by molar-refractivity contribution is 5.40. The molecule has 3 rings (SSSR count). The van der Waals surface area contributed by atoms with Crippen molar-refractivity contribution in [2.75, 3.05) is 13.1 Å². The van der Waals surface area contributed by atoms with Crippen LogP contribution in [0.1, 0.15) is 35.7 Å². The Balaban J connectivity index is 1.96. The van der Waals surface area contributed by atoms with Gasteiger partial charge in [-0.05, 0) is 63.0 Å². The number of aromatic nitrogens is 3. The van der Waals surface area contributed by atoms with Crippen molar-refractivity contribution in [1.82, 2.24) is 20.1 Å². The number of nitrogens with one attached hydrogen (secondary N) is 1. The Morgan fingerprint density at radius 3 is 2.68 bits per heavy atom. The number of nitrogens with zero attached hydrogens (tertiary/aromatic N) is 3. The molecular formula is C15H20N4. The number of hydrogen-bond donors (Lipinski definition) is 1. The molecule has 4 nitrogen and oxygen atoms in total. The molecule has 19 heavy (non-hydrogen) atoms. The first-order valence-corrected chi connectivity index (χ1v) is 6.94. The van der Waals surface area contributed by atoms with E-state index in [-0.39, 0.29) is 0 Å². The minimum atomic E-state index is 0.519. The summed E-state index contributed by atoms with van der Waals surface area (Å²) in [5.74, 6) is 1.62. The molecular weight excluding hydrogens is 236 g/mol. The van der Waals surface area contributed by atoms with E-state index in [2.05, 4.69) is 52.1 Å². The Kier molecular flexibility index (Phi) is 3.34. The van der Waals surface area contributed by atoms with Gasteiger partial charge in [0.15, 0.2) is 0 Å². The van der Waals surface area contributed by atoms with Crippen molar-refractivity contribution in [1.29, 1.82) is 0 Å². The van der Waals surface area contributed by atoms with Crippen LogP contribution < -0.4 is 5.32 Å². The summed E-state index contributed by atoms with van der Waals surface area (Å²) in [6.45, 7) is 6.43. The number of piperidine rings is 1. The minimum Gasteiger partial charge on any atom is -0.317 e.